The summed E-state index contributed by atoms with van der Waals surface area (Å²) < 4.78 is 42.1. The zero-order valence-electron chi connectivity index (χ0n) is 11.6. The van der Waals surface area contributed by atoms with Gasteiger partial charge in [-0.15, -0.1) is 0 Å². The summed E-state index contributed by atoms with van der Waals surface area (Å²) in [5.74, 6) is -0.308. The molecule has 0 aliphatic heterocycles. The number of benzene rings is 1. The summed E-state index contributed by atoms with van der Waals surface area (Å²) in [4.78, 5) is 0. The number of halogens is 3. The van der Waals surface area contributed by atoms with Gasteiger partial charge in [0.05, 0.1) is 17.4 Å². The van der Waals surface area contributed by atoms with E-state index in [1.807, 2.05) is 13.8 Å². The van der Waals surface area contributed by atoms with Crippen molar-refractivity contribution in [3.63, 3.8) is 0 Å². The largest absolute Gasteiger partial charge is 0.493 e. The molecule has 0 spiro atoms. The highest BCUT2D eigenvalue weighted by atomic mass is 32.1. The van der Waals surface area contributed by atoms with E-state index in [1.54, 1.807) is 4.57 Å². The van der Waals surface area contributed by atoms with Crippen LogP contribution in [-0.2, 0) is 6.18 Å². The molecule has 1 N–H and O–H groups in total. The van der Waals surface area contributed by atoms with E-state index in [9.17, 15) is 18.3 Å². The van der Waals surface area contributed by atoms with Gasteiger partial charge in [-0.25, -0.2) is 0 Å². The molecule has 1 aromatic heterocycles. The molecule has 1 unspecified atom stereocenters. The predicted octanol–water partition coefficient (Wildman–Crippen LogP) is 4.70. The van der Waals surface area contributed by atoms with Crippen LogP contribution in [0.25, 0.3) is 5.69 Å². The molecule has 0 fully saturated rings. The highest BCUT2D eigenvalue weighted by Crippen LogP contribution is 2.35. The second-order valence-electron chi connectivity index (χ2n) is 4.78. The van der Waals surface area contributed by atoms with Crippen LogP contribution in [0.1, 0.15) is 31.9 Å². The molecule has 1 aromatic carbocycles. The van der Waals surface area contributed by atoms with Crippen LogP contribution in [0.3, 0.4) is 0 Å². The van der Waals surface area contributed by atoms with E-state index in [2.05, 4.69) is 0 Å². The van der Waals surface area contributed by atoms with Crippen molar-refractivity contribution in [1.82, 2.24) is 9.13 Å². The molecule has 3 nitrogen and oxygen atoms in total. The number of imidazole rings is 1. The Kier molecular flexibility index (Phi) is 4.13. The molecule has 114 valence electrons. The number of aromatic nitrogens is 2. The first-order chi connectivity index (χ1) is 9.77. The summed E-state index contributed by atoms with van der Waals surface area (Å²) in [7, 11) is 0. The van der Waals surface area contributed by atoms with Gasteiger partial charge in [0.15, 0.2) is 4.77 Å². The average molecular weight is 316 g/mol. The lowest BCUT2D eigenvalue weighted by atomic mass is 10.1. The van der Waals surface area contributed by atoms with Crippen LogP contribution in [0.2, 0.25) is 0 Å². The van der Waals surface area contributed by atoms with Crippen molar-refractivity contribution >= 4 is 12.2 Å². The van der Waals surface area contributed by atoms with Gasteiger partial charge >= 0.3 is 6.18 Å². The van der Waals surface area contributed by atoms with Crippen molar-refractivity contribution in [3.8, 4) is 11.6 Å². The van der Waals surface area contributed by atoms with E-state index in [0.29, 0.717) is 0 Å². The number of rotatable bonds is 3. The fourth-order valence-electron chi connectivity index (χ4n) is 2.10. The Hall–Kier alpha value is -1.76. The van der Waals surface area contributed by atoms with Gasteiger partial charge in [-0.05, 0) is 37.7 Å². The number of hydrogen-bond acceptors (Lipinski definition) is 2. The van der Waals surface area contributed by atoms with Gasteiger partial charge in [-0.3, -0.25) is 4.57 Å². The van der Waals surface area contributed by atoms with Crippen molar-refractivity contribution < 1.29 is 18.3 Å². The monoisotopic (exact) mass is 316 g/mol. The fourth-order valence-corrected chi connectivity index (χ4v) is 2.52. The molecular weight excluding hydrogens is 301 g/mol. The minimum Gasteiger partial charge on any atom is -0.493 e. The van der Waals surface area contributed by atoms with Crippen molar-refractivity contribution in [1.29, 1.82) is 0 Å². The molecule has 2 aromatic rings. The number of nitrogens with zero attached hydrogens (tertiary/aromatic N) is 2. The molecule has 7 heteroatoms. The van der Waals surface area contributed by atoms with Crippen molar-refractivity contribution in [2.75, 3.05) is 0 Å². The summed E-state index contributed by atoms with van der Waals surface area (Å²) in [6.45, 7) is 3.82. The van der Waals surface area contributed by atoms with Crippen LogP contribution in [0.4, 0.5) is 13.2 Å². The lowest BCUT2D eigenvalue weighted by molar-refractivity contribution is -0.137. The number of para-hydroxylation sites is 1. The molecule has 1 atom stereocenters. The van der Waals surface area contributed by atoms with Gasteiger partial charge in [-0.1, -0.05) is 19.1 Å². The maximum absolute atomic E-state index is 13.1. The van der Waals surface area contributed by atoms with Crippen LogP contribution in [0.15, 0.2) is 30.5 Å². The first-order valence-electron chi connectivity index (χ1n) is 6.46. The Bertz CT molecular complexity index is 703. The zero-order chi connectivity index (χ0) is 15.8. The van der Waals surface area contributed by atoms with Crippen LogP contribution in [0, 0.1) is 4.77 Å². The molecule has 0 saturated heterocycles. The van der Waals surface area contributed by atoms with Crippen molar-refractivity contribution in [2.45, 2.75) is 32.5 Å². The van der Waals surface area contributed by atoms with Gasteiger partial charge in [0.1, 0.15) is 0 Å². The Labute approximate surface area is 125 Å². The SMILES string of the molecule is CCC(C)n1cc(O)n(-c2ccccc2C(F)(F)F)c1=S. The van der Waals surface area contributed by atoms with E-state index in [4.69, 9.17) is 12.2 Å². The van der Waals surface area contributed by atoms with Crippen molar-refractivity contribution in [2.24, 2.45) is 0 Å². The lowest BCUT2D eigenvalue weighted by Gasteiger charge is -2.14. The smallest absolute Gasteiger partial charge is 0.418 e. The van der Waals surface area contributed by atoms with Gasteiger partial charge in [0.25, 0.3) is 0 Å². The Balaban J connectivity index is 2.70. The quantitative estimate of drug-likeness (QED) is 0.832. The standard InChI is InChI=1S/C14H15F3N2OS/c1-3-9(2)18-8-12(20)19(13(18)21)11-7-5-4-6-10(11)14(15,16)17/h4-9,20H,3H2,1-2H3. The maximum Gasteiger partial charge on any atom is 0.418 e. The number of aromatic hydroxyl groups is 1. The first kappa shape index (κ1) is 15.6. The van der Waals surface area contributed by atoms with Crippen molar-refractivity contribution in [3.05, 3.63) is 40.8 Å². The summed E-state index contributed by atoms with van der Waals surface area (Å²) in [5.41, 5.74) is -1.01. The molecule has 0 radical (unpaired) electrons. The second-order valence-corrected chi connectivity index (χ2v) is 5.15. The fraction of sp³-hybridized carbons (Fsp3) is 0.357. The van der Waals surface area contributed by atoms with Gasteiger partial charge in [0.2, 0.25) is 5.88 Å². The molecule has 0 aliphatic carbocycles. The Morgan fingerprint density at radius 2 is 1.90 bits per heavy atom. The first-order valence-corrected chi connectivity index (χ1v) is 6.87. The van der Waals surface area contributed by atoms with Crippen LogP contribution in [0.5, 0.6) is 5.88 Å². The van der Waals surface area contributed by atoms with Gasteiger partial charge in [0, 0.05) is 6.04 Å². The Morgan fingerprint density at radius 3 is 2.48 bits per heavy atom. The minimum atomic E-state index is -4.52. The molecule has 0 saturated carbocycles. The summed E-state index contributed by atoms with van der Waals surface area (Å²) in [6.07, 6.45) is -2.40. The Morgan fingerprint density at radius 1 is 1.29 bits per heavy atom. The normalized spacial score (nSPS) is 13.4. The van der Waals surface area contributed by atoms with Crippen LogP contribution < -0.4 is 0 Å². The third-order valence-electron chi connectivity index (χ3n) is 3.41. The zero-order valence-corrected chi connectivity index (χ0v) is 12.4. The van der Waals surface area contributed by atoms with E-state index in [0.717, 1.165) is 17.1 Å². The minimum absolute atomic E-state index is 0.0114. The average Bonchev–Trinajstić information content (AvgIpc) is 2.72. The molecule has 2 rings (SSSR count). The molecule has 21 heavy (non-hydrogen) atoms. The molecule has 0 bridgehead atoms. The lowest BCUT2D eigenvalue weighted by Crippen LogP contribution is -2.11. The molecule has 0 aliphatic rings. The number of alkyl halides is 3. The molecular formula is C14H15F3N2OS. The maximum atomic E-state index is 13.1. The van der Waals surface area contributed by atoms with Crippen LogP contribution >= 0.6 is 12.2 Å². The van der Waals surface area contributed by atoms with E-state index >= 15 is 0 Å². The number of hydrogen-bond donors (Lipinski definition) is 1. The predicted molar refractivity (Wildman–Crippen MR) is 76.3 cm³/mol. The summed E-state index contributed by atoms with van der Waals surface area (Å²) in [6, 6.07) is 5.03. The summed E-state index contributed by atoms with van der Waals surface area (Å²) in [5, 5.41) is 10.0. The van der Waals surface area contributed by atoms with Gasteiger partial charge in [-0.2, -0.15) is 13.2 Å². The summed E-state index contributed by atoms with van der Waals surface area (Å²) >= 11 is 5.22. The highest BCUT2D eigenvalue weighted by molar-refractivity contribution is 7.71. The molecule has 0 amide bonds. The van der Waals surface area contributed by atoms with E-state index < -0.39 is 11.7 Å². The third-order valence-corrected chi connectivity index (χ3v) is 3.81. The third kappa shape index (κ3) is 2.83. The van der Waals surface area contributed by atoms with Gasteiger partial charge < -0.3 is 9.67 Å². The van der Waals surface area contributed by atoms with E-state index in [1.165, 1.54) is 24.4 Å². The second kappa shape index (κ2) is 5.55. The van der Waals surface area contributed by atoms with E-state index in [-0.39, 0.29) is 22.4 Å². The molecule has 1 heterocycles. The topological polar surface area (TPSA) is 30.1 Å². The highest BCUT2D eigenvalue weighted by Gasteiger charge is 2.34. The van der Waals surface area contributed by atoms with Crippen LogP contribution in [-0.4, -0.2) is 14.2 Å².